The number of hydrogen-bond acceptors (Lipinski definition) is 2. The van der Waals surface area contributed by atoms with Gasteiger partial charge in [0.25, 0.3) is 0 Å². The molecule has 3 aromatic heterocycles. The van der Waals surface area contributed by atoms with Gasteiger partial charge in [-0.1, -0.05) is 6.92 Å². The number of fused-ring (bicyclic) bond motifs is 1. The van der Waals surface area contributed by atoms with Crippen LogP contribution in [0, 0.1) is 17.7 Å². The Labute approximate surface area is 105 Å². The van der Waals surface area contributed by atoms with Crippen molar-refractivity contribution in [3.8, 4) is 11.1 Å². The van der Waals surface area contributed by atoms with Gasteiger partial charge in [-0.15, -0.1) is 0 Å². The lowest BCUT2D eigenvalue weighted by atomic mass is 10.0. The third kappa shape index (κ3) is 1.61. The molecule has 3 aromatic rings. The van der Waals surface area contributed by atoms with E-state index in [1.165, 1.54) is 12.4 Å². The lowest BCUT2D eigenvalue weighted by Gasteiger charge is -2.08. The van der Waals surface area contributed by atoms with E-state index in [1.54, 1.807) is 6.92 Å². The van der Waals surface area contributed by atoms with E-state index in [-0.39, 0.29) is 16.6 Å². The molecule has 0 unspecified atom stereocenters. The van der Waals surface area contributed by atoms with Crippen molar-refractivity contribution in [1.82, 2.24) is 20.2 Å². The average molecular weight is 266 g/mol. The molecule has 0 saturated carbocycles. The molecule has 0 atom stereocenters. The quantitative estimate of drug-likeness (QED) is 0.701. The molecule has 0 aliphatic heterocycles. The van der Waals surface area contributed by atoms with E-state index < -0.39 is 17.7 Å². The highest BCUT2D eigenvalue weighted by atomic mass is 19.2. The smallest absolute Gasteiger partial charge is 0.230 e. The molecule has 0 spiro atoms. The van der Waals surface area contributed by atoms with Gasteiger partial charge >= 0.3 is 0 Å². The number of H-pyrrole nitrogens is 2. The third-order valence-corrected chi connectivity index (χ3v) is 3.02. The Balaban J connectivity index is 2.48. The molecule has 0 amide bonds. The van der Waals surface area contributed by atoms with Crippen LogP contribution < -0.4 is 0 Å². The minimum absolute atomic E-state index is 0.134. The fourth-order valence-electron chi connectivity index (χ4n) is 2.17. The number of aromatic nitrogens is 4. The van der Waals surface area contributed by atoms with Crippen LogP contribution in [0.25, 0.3) is 22.2 Å². The number of nitrogens with zero attached hydrogens (tertiary/aromatic N) is 2. The van der Waals surface area contributed by atoms with Crippen LogP contribution in [0.1, 0.15) is 12.5 Å². The van der Waals surface area contributed by atoms with Gasteiger partial charge in [-0.05, 0) is 6.42 Å². The second kappa shape index (κ2) is 4.11. The van der Waals surface area contributed by atoms with E-state index in [2.05, 4.69) is 20.2 Å². The Morgan fingerprint density at radius 1 is 1.26 bits per heavy atom. The van der Waals surface area contributed by atoms with Crippen molar-refractivity contribution in [1.29, 1.82) is 0 Å². The van der Waals surface area contributed by atoms with Crippen LogP contribution in [0.4, 0.5) is 13.2 Å². The van der Waals surface area contributed by atoms with Gasteiger partial charge < -0.3 is 4.98 Å². The maximum atomic E-state index is 13.9. The Kier molecular flexibility index (Phi) is 2.55. The highest BCUT2D eigenvalue weighted by Gasteiger charge is 2.22. The second-order valence-electron chi connectivity index (χ2n) is 4.07. The van der Waals surface area contributed by atoms with Crippen molar-refractivity contribution in [3.63, 3.8) is 0 Å². The zero-order valence-corrected chi connectivity index (χ0v) is 9.89. The summed E-state index contributed by atoms with van der Waals surface area (Å²) in [4.78, 5) is 5.77. The minimum Gasteiger partial charge on any atom is -0.327 e. The van der Waals surface area contributed by atoms with Gasteiger partial charge in [-0.2, -0.15) is 18.3 Å². The number of rotatable bonds is 2. The molecule has 0 aromatic carbocycles. The predicted octanol–water partition coefficient (Wildman–Crippen LogP) is 2.93. The maximum Gasteiger partial charge on any atom is 0.230 e. The lowest BCUT2D eigenvalue weighted by molar-refractivity contribution is 0.496. The average Bonchev–Trinajstić information content (AvgIpc) is 3.00. The van der Waals surface area contributed by atoms with E-state index in [0.717, 1.165) is 0 Å². The molecule has 7 heteroatoms. The van der Waals surface area contributed by atoms with Gasteiger partial charge in [0.1, 0.15) is 5.52 Å². The number of hydrogen-bond donors (Lipinski definition) is 2. The van der Waals surface area contributed by atoms with Crippen molar-refractivity contribution in [2.24, 2.45) is 0 Å². The van der Waals surface area contributed by atoms with Crippen LogP contribution in [0.2, 0.25) is 0 Å². The van der Waals surface area contributed by atoms with Crippen LogP contribution in [-0.4, -0.2) is 20.2 Å². The van der Waals surface area contributed by atoms with E-state index in [4.69, 9.17) is 0 Å². The fraction of sp³-hybridized carbons (Fsp3) is 0.167. The third-order valence-electron chi connectivity index (χ3n) is 3.02. The summed E-state index contributed by atoms with van der Waals surface area (Å²) < 4.78 is 40.8. The van der Waals surface area contributed by atoms with Gasteiger partial charge in [-0.3, -0.25) is 5.10 Å². The molecule has 19 heavy (non-hydrogen) atoms. The molecule has 0 aliphatic carbocycles. The zero-order chi connectivity index (χ0) is 13.6. The first-order valence-electron chi connectivity index (χ1n) is 5.67. The molecule has 0 fully saturated rings. The topological polar surface area (TPSA) is 57.4 Å². The molecule has 3 rings (SSSR count). The molecule has 98 valence electrons. The second-order valence-corrected chi connectivity index (χ2v) is 4.07. The van der Waals surface area contributed by atoms with Crippen molar-refractivity contribution < 1.29 is 13.2 Å². The maximum absolute atomic E-state index is 13.9. The van der Waals surface area contributed by atoms with Crippen LogP contribution >= 0.6 is 0 Å². The summed E-state index contributed by atoms with van der Waals surface area (Å²) in [5, 5.41) is 6.36. The van der Waals surface area contributed by atoms with E-state index in [1.807, 2.05) is 0 Å². The molecular formula is C12H9F3N4. The Hall–Kier alpha value is -2.31. The van der Waals surface area contributed by atoms with Crippen LogP contribution in [0.15, 0.2) is 12.4 Å². The number of halogens is 3. The minimum atomic E-state index is -1.18. The Morgan fingerprint density at radius 2 is 2.05 bits per heavy atom. The summed E-state index contributed by atoms with van der Waals surface area (Å²) in [6.45, 7) is 1.74. The van der Waals surface area contributed by atoms with Crippen molar-refractivity contribution >= 4 is 11.0 Å². The molecule has 0 aliphatic rings. The highest BCUT2D eigenvalue weighted by Crippen LogP contribution is 2.33. The van der Waals surface area contributed by atoms with Crippen molar-refractivity contribution in [3.05, 3.63) is 35.7 Å². The summed E-state index contributed by atoms with van der Waals surface area (Å²) in [6, 6.07) is 0. The number of aromatic amines is 2. The predicted molar refractivity (Wildman–Crippen MR) is 62.9 cm³/mol. The first-order valence-corrected chi connectivity index (χ1v) is 5.67. The summed E-state index contributed by atoms with van der Waals surface area (Å²) in [7, 11) is 0. The number of pyridine rings is 1. The van der Waals surface area contributed by atoms with Crippen LogP contribution in [0.3, 0.4) is 0 Å². The Bertz CT molecular complexity index is 746. The molecule has 2 N–H and O–H groups in total. The molecule has 0 saturated heterocycles. The monoisotopic (exact) mass is 266 g/mol. The van der Waals surface area contributed by atoms with Crippen LogP contribution in [-0.2, 0) is 6.42 Å². The van der Waals surface area contributed by atoms with E-state index >= 15 is 0 Å². The van der Waals surface area contributed by atoms with Gasteiger partial charge in [-0.25, -0.2) is 4.98 Å². The molecule has 4 nitrogen and oxygen atoms in total. The van der Waals surface area contributed by atoms with E-state index in [9.17, 15) is 13.2 Å². The summed E-state index contributed by atoms with van der Waals surface area (Å²) in [6.07, 6.45) is 3.34. The zero-order valence-electron chi connectivity index (χ0n) is 9.89. The lowest BCUT2D eigenvalue weighted by Crippen LogP contribution is -1.98. The van der Waals surface area contributed by atoms with E-state index in [0.29, 0.717) is 17.5 Å². The van der Waals surface area contributed by atoms with Gasteiger partial charge in [0.15, 0.2) is 0 Å². The van der Waals surface area contributed by atoms with Gasteiger partial charge in [0.2, 0.25) is 17.7 Å². The number of nitrogens with one attached hydrogen (secondary N) is 2. The first-order chi connectivity index (χ1) is 9.13. The summed E-state index contributed by atoms with van der Waals surface area (Å²) in [5.74, 6) is -3.13. The van der Waals surface area contributed by atoms with Crippen LogP contribution in [0.5, 0.6) is 0 Å². The first kappa shape index (κ1) is 11.8. The van der Waals surface area contributed by atoms with Crippen molar-refractivity contribution in [2.75, 3.05) is 0 Å². The van der Waals surface area contributed by atoms with Crippen molar-refractivity contribution in [2.45, 2.75) is 13.3 Å². The SMILES string of the molecule is CCc1c(F)nc2c(F)c(F)[nH]c2c1-c1cn[nH]c1. The molecule has 0 radical (unpaired) electrons. The normalized spacial score (nSPS) is 11.4. The highest BCUT2D eigenvalue weighted by molar-refractivity contribution is 5.93. The molecule has 0 bridgehead atoms. The van der Waals surface area contributed by atoms with Gasteiger partial charge in [0.05, 0.1) is 11.7 Å². The largest absolute Gasteiger partial charge is 0.327 e. The Morgan fingerprint density at radius 3 is 2.68 bits per heavy atom. The fourth-order valence-corrected chi connectivity index (χ4v) is 2.17. The summed E-state index contributed by atoms with van der Waals surface area (Å²) >= 11 is 0. The molecular weight excluding hydrogens is 257 g/mol. The summed E-state index contributed by atoms with van der Waals surface area (Å²) in [5.41, 5.74) is 0.999. The van der Waals surface area contributed by atoms with Gasteiger partial charge in [0, 0.05) is 22.9 Å². The standard InChI is InChI=1S/C12H9F3N4/c1-2-6-7(5-3-16-17-4-5)9-10(19-11(6)14)8(13)12(15)18-9/h3-4,18H,2H2,1H3,(H,16,17). The molecule has 3 heterocycles.